The number of likely N-dealkylation sites (tertiary alicyclic amines) is 2. The lowest BCUT2D eigenvalue weighted by Crippen LogP contribution is -2.68. The highest BCUT2D eigenvalue weighted by molar-refractivity contribution is 5.93. The molecule has 0 bridgehead atoms. The smallest absolute Gasteiger partial charge is 0.272 e. The number of carbonyl (C=O) groups is 2. The summed E-state index contributed by atoms with van der Waals surface area (Å²) in [7, 11) is 0. The molecule has 0 aliphatic carbocycles. The number of aryl methyl sites for hydroxylation is 1. The van der Waals surface area contributed by atoms with Gasteiger partial charge in [0.1, 0.15) is 5.69 Å². The van der Waals surface area contributed by atoms with Gasteiger partial charge >= 0.3 is 0 Å². The van der Waals surface area contributed by atoms with Gasteiger partial charge in [0, 0.05) is 38.8 Å². The molecular weight excluding hydrogens is 370 g/mol. The van der Waals surface area contributed by atoms with Crippen LogP contribution in [0.1, 0.15) is 55.7 Å². The second-order valence-electron chi connectivity index (χ2n) is 8.58. The van der Waals surface area contributed by atoms with Crippen LogP contribution in [0.5, 0.6) is 0 Å². The molecule has 2 atom stereocenters. The van der Waals surface area contributed by atoms with Gasteiger partial charge < -0.3 is 19.4 Å². The Labute approximate surface area is 172 Å². The molecule has 0 unspecified atom stereocenters. The number of carbonyl (C=O) groups excluding carboxylic acids is 2. The second-order valence-corrected chi connectivity index (χ2v) is 8.58. The molecule has 8 heteroatoms. The van der Waals surface area contributed by atoms with Gasteiger partial charge in [-0.2, -0.15) is 0 Å². The predicted octanol–water partition coefficient (Wildman–Crippen LogP) is 1.63. The monoisotopic (exact) mass is 401 g/mol. The van der Waals surface area contributed by atoms with Gasteiger partial charge in [-0.05, 0) is 45.6 Å². The summed E-state index contributed by atoms with van der Waals surface area (Å²) in [6, 6.07) is 1.81. The van der Waals surface area contributed by atoms with Crippen LogP contribution >= 0.6 is 0 Å². The summed E-state index contributed by atoms with van der Waals surface area (Å²) in [5.74, 6) is 0.649. The van der Waals surface area contributed by atoms with Crippen molar-refractivity contribution < 1.29 is 14.3 Å². The van der Waals surface area contributed by atoms with Crippen LogP contribution in [-0.2, 0) is 9.53 Å². The maximum atomic E-state index is 13.5. The third-order valence-corrected chi connectivity index (χ3v) is 6.65. The van der Waals surface area contributed by atoms with Gasteiger partial charge in [0.25, 0.3) is 5.91 Å². The minimum atomic E-state index is -0.299. The SMILES string of the molecule is CC(=O)N1CCC[C@@H]2N(C(=O)c3cc(C)nc(N4CCOCC4)n3)CCC[C@@]21C. The molecule has 0 radical (unpaired) electrons. The molecule has 3 saturated heterocycles. The summed E-state index contributed by atoms with van der Waals surface area (Å²) < 4.78 is 5.42. The van der Waals surface area contributed by atoms with Crippen molar-refractivity contribution in [3.63, 3.8) is 0 Å². The first-order valence-electron chi connectivity index (χ1n) is 10.7. The number of aromatic nitrogens is 2. The minimum absolute atomic E-state index is 0.0310. The summed E-state index contributed by atoms with van der Waals surface area (Å²) >= 11 is 0. The Morgan fingerprint density at radius 1 is 1.14 bits per heavy atom. The number of fused-ring (bicyclic) bond motifs is 1. The van der Waals surface area contributed by atoms with Gasteiger partial charge in [-0.15, -0.1) is 0 Å². The lowest BCUT2D eigenvalue weighted by molar-refractivity contribution is -0.143. The van der Waals surface area contributed by atoms with Crippen molar-refractivity contribution in [1.82, 2.24) is 19.8 Å². The summed E-state index contributed by atoms with van der Waals surface area (Å²) in [5.41, 5.74) is 0.939. The van der Waals surface area contributed by atoms with Crippen molar-refractivity contribution in [3.8, 4) is 0 Å². The fourth-order valence-electron chi connectivity index (χ4n) is 5.22. The number of morpholine rings is 1. The molecule has 4 rings (SSSR count). The highest BCUT2D eigenvalue weighted by Gasteiger charge is 2.49. The average molecular weight is 402 g/mol. The van der Waals surface area contributed by atoms with E-state index in [0.29, 0.717) is 31.4 Å². The normalized spacial score (nSPS) is 27.6. The van der Waals surface area contributed by atoms with Crippen molar-refractivity contribution in [2.45, 2.75) is 58.0 Å². The first kappa shape index (κ1) is 20.1. The van der Waals surface area contributed by atoms with E-state index < -0.39 is 0 Å². The van der Waals surface area contributed by atoms with Crippen LogP contribution in [0.3, 0.4) is 0 Å². The number of amides is 2. The van der Waals surface area contributed by atoms with Gasteiger partial charge in [-0.25, -0.2) is 9.97 Å². The number of rotatable bonds is 2. The number of hydrogen-bond donors (Lipinski definition) is 0. The lowest BCUT2D eigenvalue weighted by atomic mass is 9.76. The molecule has 158 valence electrons. The topological polar surface area (TPSA) is 78.9 Å². The first-order chi connectivity index (χ1) is 13.9. The van der Waals surface area contributed by atoms with Crippen molar-refractivity contribution >= 4 is 17.8 Å². The fourth-order valence-corrected chi connectivity index (χ4v) is 5.22. The fraction of sp³-hybridized carbons (Fsp3) is 0.714. The minimum Gasteiger partial charge on any atom is -0.378 e. The molecule has 1 aromatic heterocycles. The number of anilines is 1. The van der Waals surface area contributed by atoms with Crippen LogP contribution in [0.2, 0.25) is 0 Å². The summed E-state index contributed by atoms with van der Waals surface area (Å²) in [6.45, 7) is 9.92. The molecule has 3 aliphatic heterocycles. The summed E-state index contributed by atoms with van der Waals surface area (Å²) in [4.78, 5) is 41.0. The lowest BCUT2D eigenvalue weighted by Gasteiger charge is -2.56. The van der Waals surface area contributed by atoms with Crippen LogP contribution in [0.15, 0.2) is 6.07 Å². The van der Waals surface area contributed by atoms with Gasteiger partial charge in [0.05, 0.1) is 24.8 Å². The molecule has 3 fully saturated rings. The maximum absolute atomic E-state index is 13.5. The molecule has 2 amide bonds. The van der Waals surface area contributed by atoms with Crippen LogP contribution in [0.25, 0.3) is 0 Å². The third kappa shape index (κ3) is 3.70. The van der Waals surface area contributed by atoms with E-state index in [9.17, 15) is 9.59 Å². The number of ether oxygens (including phenoxy) is 1. The predicted molar refractivity (Wildman–Crippen MR) is 109 cm³/mol. The number of piperidine rings is 2. The molecule has 29 heavy (non-hydrogen) atoms. The van der Waals surface area contributed by atoms with Crippen LogP contribution in [-0.4, -0.2) is 82.6 Å². The van der Waals surface area contributed by atoms with Crippen molar-refractivity contribution in [1.29, 1.82) is 0 Å². The molecule has 0 saturated carbocycles. The Kier molecular flexibility index (Phi) is 5.46. The van der Waals surface area contributed by atoms with E-state index in [1.54, 1.807) is 13.0 Å². The molecular formula is C21H31N5O3. The third-order valence-electron chi connectivity index (χ3n) is 6.65. The van der Waals surface area contributed by atoms with Gasteiger partial charge in [-0.3, -0.25) is 9.59 Å². The highest BCUT2D eigenvalue weighted by Crippen LogP contribution is 2.39. The quantitative estimate of drug-likeness (QED) is 0.749. The zero-order valence-electron chi connectivity index (χ0n) is 17.7. The maximum Gasteiger partial charge on any atom is 0.272 e. The number of hydrogen-bond acceptors (Lipinski definition) is 6. The van der Waals surface area contributed by atoms with E-state index in [1.807, 2.05) is 16.7 Å². The molecule has 0 spiro atoms. The van der Waals surface area contributed by atoms with Crippen molar-refractivity contribution in [3.05, 3.63) is 17.5 Å². The molecule has 4 heterocycles. The second kappa shape index (κ2) is 7.89. The standard InChI is InChI=1S/C21H31N5O3/c1-15-14-17(23-20(22-15)24-10-12-29-13-11-24)19(28)25-8-5-7-21(3)18(25)6-4-9-26(21)16(2)27/h14,18H,4-13H2,1-3H3/t18-,21-/m0/s1. The molecule has 0 aromatic carbocycles. The van der Waals surface area contributed by atoms with Crippen LogP contribution in [0.4, 0.5) is 5.95 Å². The Balaban J connectivity index is 1.62. The summed E-state index contributed by atoms with van der Waals surface area (Å²) in [6.07, 6.45) is 3.67. The van der Waals surface area contributed by atoms with Gasteiger partial charge in [0.15, 0.2) is 0 Å². The van der Waals surface area contributed by atoms with Crippen molar-refractivity contribution in [2.24, 2.45) is 0 Å². The Bertz CT molecular complexity index is 795. The zero-order chi connectivity index (χ0) is 20.6. The molecule has 1 aromatic rings. The average Bonchev–Trinajstić information content (AvgIpc) is 2.72. The van der Waals surface area contributed by atoms with Gasteiger partial charge in [-0.1, -0.05) is 0 Å². The Hall–Kier alpha value is -2.22. The van der Waals surface area contributed by atoms with E-state index in [0.717, 1.165) is 51.0 Å². The molecule has 0 N–H and O–H groups in total. The summed E-state index contributed by atoms with van der Waals surface area (Å²) in [5, 5.41) is 0. The van der Waals surface area contributed by atoms with Crippen LogP contribution in [0, 0.1) is 6.92 Å². The van der Waals surface area contributed by atoms with E-state index in [4.69, 9.17) is 4.74 Å². The first-order valence-corrected chi connectivity index (χ1v) is 10.7. The van der Waals surface area contributed by atoms with E-state index >= 15 is 0 Å². The molecule has 3 aliphatic rings. The Morgan fingerprint density at radius 3 is 2.62 bits per heavy atom. The van der Waals surface area contributed by atoms with E-state index in [1.165, 1.54) is 0 Å². The largest absolute Gasteiger partial charge is 0.378 e. The number of nitrogens with zero attached hydrogens (tertiary/aromatic N) is 5. The van der Waals surface area contributed by atoms with E-state index in [2.05, 4.69) is 21.8 Å². The zero-order valence-corrected chi connectivity index (χ0v) is 17.7. The van der Waals surface area contributed by atoms with Gasteiger partial charge in [0.2, 0.25) is 11.9 Å². The Morgan fingerprint density at radius 2 is 1.90 bits per heavy atom. The highest BCUT2D eigenvalue weighted by atomic mass is 16.5. The van der Waals surface area contributed by atoms with E-state index in [-0.39, 0.29) is 23.4 Å². The molecule has 8 nitrogen and oxygen atoms in total. The van der Waals surface area contributed by atoms with Crippen molar-refractivity contribution in [2.75, 3.05) is 44.3 Å². The van der Waals surface area contributed by atoms with Crippen LogP contribution < -0.4 is 4.90 Å².